The van der Waals surface area contributed by atoms with Crippen molar-refractivity contribution in [3.63, 3.8) is 0 Å². The van der Waals surface area contributed by atoms with Gasteiger partial charge in [0.15, 0.2) is 0 Å². The molecule has 3 heterocycles. The average Bonchev–Trinajstić information content (AvgIpc) is 3.14. The van der Waals surface area contributed by atoms with Crippen molar-refractivity contribution >= 4 is 28.8 Å². The molecule has 124 valence electrons. The smallest absolute Gasteiger partial charge is 0.339 e. The Morgan fingerprint density at radius 2 is 2.21 bits per heavy atom. The lowest BCUT2D eigenvalue weighted by molar-refractivity contribution is -0.131. The highest BCUT2D eigenvalue weighted by Crippen LogP contribution is 2.22. The molecule has 0 aliphatic heterocycles. The van der Waals surface area contributed by atoms with Crippen LogP contribution >= 0.6 is 22.9 Å². The van der Waals surface area contributed by atoms with E-state index in [2.05, 4.69) is 14.7 Å². The highest BCUT2D eigenvalue weighted by atomic mass is 35.5. The van der Waals surface area contributed by atoms with E-state index in [0.717, 1.165) is 4.88 Å². The summed E-state index contributed by atoms with van der Waals surface area (Å²) in [5.41, 5.74) is 0.462. The maximum atomic E-state index is 12.4. The van der Waals surface area contributed by atoms with E-state index in [-0.39, 0.29) is 18.3 Å². The first-order chi connectivity index (χ1) is 11.5. The predicted octanol–water partition coefficient (Wildman–Crippen LogP) is 2.27. The van der Waals surface area contributed by atoms with E-state index < -0.39 is 5.76 Å². The van der Waals surface area contributed by atoms with Crippen LogP contribution in [0.1, 0.15) is 4.88 Å². The number of rotatable bonds is 5. The van der Waals surface area contributed by atoms with Crippen molar-refractivity contribution in [3.8, 4) is 11.5 Å². The van der Waals surface area contributed by atoms with Crippen molar-refractivity contribution in [3.05, 3.63) is 56.3 Å². The van der Waals surface area contributed by atoms with Gasteiger partial charge in [-0.15, -0.1) is 11.3 Å². The summed E-state index contributed by atoms with van der Waals surface area (Å²) < 4.78 is 6.52. The Balaban J connectivity index is 1.77. The van der Waals surface area contributed by atoms with Crippen LogP contribution in [0.25, 0.3) is 11.5 Å². The fourth-order valence-electron chi connectivity index (χ4n) is 2.10. The van der Waals surface area contributed by atoms with Gasteiger partial charge in [0.25, 0.3) is 0 Å². The molecule has 0 aliphatic carbocycles. The minimum atomic E-state index is -0.698. The Bertz CT molecular complexity index is 903. The van der Waals surface area contributed by atoms with E-state index in [9.17, 15) is 9.59 Å². The van der Waals surface area contributed by atoms with Crippen molar-refractivity contribution < 1.29 is 9.32 Å². The Morgan fingerprint density at radius 3 is 2.88 bits per heavy atom. The molecule has 9 heteroatoms. The van der Waals surface area contributed by atoms with Gasteiger partial charge in [0.2, 0.25) is 11.7 Å². The fraction of sp³-hybridized carbons (Fsp3) is 0.200. The molecule has 0 N–H and O–H groups in total. The quantitative estimate of drug-likeness (QED) is 0.693. The zero-order valence-corrected chi connectivity index (χ0v) is 14.3. The number of carbonyl (C=O) groups is 1. The van der Waals surface area contributed by atoms with Crippen molar-refractivity contribution in [2.45, 2.75) is 13.1 Å². The Labute approximate surface area is 146 Å². The normalized spacial score (nSPS) is 10.8. The van der Waals surface area contributed by atoms with Gasteiger partial charge in [0, 0.05) is 18.1 Å². The van der Waals surface area contributed by atoms with E-state index in [1.807, 2.05) is 6.07 Å². The molecule has 0 unspecified atom stereocenters. The number of thiophene rings is 1. The second-order valence-electron chi connectivity index (χ2n) is 5.03. The summed E-state index contributed by atoms with van der Waals surface area (Å²) in [6, 6.07) is 8.85. The molecule has 3 rings (SSSR count). The van der Waals surface area contributed by atoms with Crippen LogP contribution in [0.4, 0.5) is 0 Å². The second kappa shape index (κ2) is 6.98. The molecule has 0 fully saturated rings. The third-order valence-electron chi connectivity index (χ3n) is 3.32. The standard InChI is InChI=1S/C15H13ClN4O3S/c1-19(8-10-5-6-12(16)24-10)13(21)9-20-14(18-23-15(20)22)11-4-2-3-7-17-11/h2-7H,8-9H2,1H3. The van der Waals surface area contributed by atoms with Crippen LogP contribution in [-0.2, 0) is 17.9 Å². The molecular weight excluding hydrogens is 352 g/mol. The van der Waals surface area contributed by atoms with Gasteiger partial charge in [-0.3, -0.25) is 14.3 Å². The first-order valence-corrected chi connectivity index (χ1v) is 8.20. The highest BCUT2D eigenvalue weighted by Gasteiger charge is 2.19. The van der Waals surface area contributed by atoms with Gasteiger partial charge >= 0.3 is 5.76 Å². The number of amides is 1. The van der Waals surface area contributed by atoms with Crippen LogP contribution in [0.5, 0.6) is 0 Å². The summed E-state index contributed by atoms with van der Waals surface area (Å²) in [7, 11) is 1.66. The number of aromatic nitrogens is 3. The number of nitrogens with zero attached hydrogens (tertiary/aromatic N) is 4. The lowest BCUT2D eigenvalue weighted by Crippen LogP contribution is -2.32. The SMILES string of the molecule is CN(Cc1ccc(Cl)s1)C(=O)Cn1c(-c2ccccn2)noc1=O. The summed E-state index contributed by atoms with van der Waals surface area (Å²) >= 11 is 7.30. The average molecular weight is 365 g/mol. The molecule has 0 radical (unpaired) electrons. The molecule has 0 spiro atoms. The third kappa shape index (κ3) is 3.55. The van der Waals surface area contributed by atoms with Crippen LogP contribution < -0.4 is 5.76 Å². The van der Waals surface area contributed by atoms with Crippen molar-refractivity contribution in [2.24, 2.45) is 0 Å². The van der Waals surface area contributed by atoms with Crippen LogP contribution in [0.2, 0.25) is 4.34 Å². The number of carbonyl (C=O) groups excluding carboxylic acids is 1. The Morgan fingerprint density at radius 1 is 1.38 bits per heavy atom. The van der Waals surface area contributed by atoms with Gasteiger partial charge in [0.05, 0.1) is 10.9 Å². The highest BCUT2D eigenvalue weighted by molar-refractivity contribution is 7.16. The number of halogens is 1. The molecule has 1 amide bonds. The number of likely N-dealkylation sites (N-methyl/N-ethyl adjacent to an activating group) is 1. The first kappa shape index (κ1) is 16.4. The zero-order valence-electron chi connectivity index (χ0n) is 12.7. The predicted molar refractivity (Wildman–Crippen MR) is 89.8 cm³/mol. The number of hydrogen-bond acceptors (Lipinski definition) is 6. The van der Waals surface area contributed by atoms with Gasteiger partial charge in [-0.2, -0.15) is 0 Å². The summed E-state index contributed by atoms with van der Waals surface area (Å²) in [6.07, 6.45) is 1.58. The zero-order chi connectivity index (χ0) is 17.1. The Hall–Kier alpha value is -2.45. The molecule has 3 aromatic rings. The van der Waals surface area contributed by atoms with Gasteiger partial charge in [-0.1, -0.05) is 22.8 Å². The molecule has 7 nitrogen and oxygen atoms in total. The monoisotopic (exact) mass is 364 g/mol. The van der Waals surface area contributed by atoms with Gasteiger partial charge in [-0.05, 0) is 24.3 Å². The van der Waals surface area contributed by atoms with Crippen LogP contribution in [-0.4, -0.2) is 32.6 Å². The molecule has 3 aromatic heterocycles. The number of pyridine rings is 1. The third-order valence-corrected chi connectivity index (χ3v) is 4.54. The summed E-state index contributed by atoms with van der Waals surface area (Å²) in [5.74, 6) is -0.722. The molecule has 0 aromatic carbocycles. The van der Waals surface area contributed by atoms with Gasteiger partial charge in [-0.25, -0.2) is 9.36 Å². The topological polar surface area (TPSA) is 81.2 Å². The molecule has 0 saturated heterocycles. The van der Waals surface area contributed by atoms with E-state index in [0.29, 0.717) is 16.6 Å². The van der Waals surface area contributed by atoms with E-state index in [4.69, 9.17) is 11.6 Å². The minimum absolute atomic E-state index is 0.177. The van der Waals surface area contributed by atoms with Gasteiger partial charge < -0.3 is 4.90 Å². The minimum Gasteiger partial charge on any atom is -0.339 e. The molecular formula is C15H13ClN4O3S. The maximum absolute atomic E-state index is 12.4. The molecule has 0 atom stereocenters. The van der Waals surface area contributed by atoms with Gasteiger partial charge in [0.1, 0.15) is 12.2 Å². The van der Waals surface area contributed by atoms with Crippen LogP contribution in [0.15, 0.2) is 45.8 Å². The summed E-state index contributed by atoms with van der Waals surface area (Å²) in [5, 5.41) is 3.71. The maximum Gasteiger partial charge on any atom is 0.442 e. The lowest BCUT2D eigenvalue weighted by Gasteiger charge is -2.16. The van der Waals surface area contributed by atoms with Crippen molar-refractivity contribution in [1.29, 1.82) is 0 Å². The number of hydrogen-bond donors (Lipinski definition) is 0. The van der Waals surface area contributed by atoms with Crippen molar-refractivity contribution in [1.82, 2.24) is 19.6 Å². The van der Waals surface area contributed by atoms with E-state index >= 15 is 0 Å². The van der Waals surface area contributed by atoms with Crippen molar-refractivity contribution in [2.75, 3.05) is 7.05 Å². The second-order valence-corrected chi connectivity index (χ2v) is 6.83. The summed E-state index contributed by atoms with van der Waals surface area (Å²) in [4.78, 5) is 30.9. The molecule has 0 bridgehead atoms. The van der Waals surface area contributed by atoms with Crippen LogP contribution in [0.3, 0.4) is 0 Å². The van der Waals surface area contributed by atoms with Crippen LogP contribution in [0, 0.1) is 0 Å². The van der Waals surface area contributed by atoms with E-state index in [1.165, 1.54) is 20.8 Å². The molecule has 0 saturated carbocycles. The Kier molecular flexibility index (Phi) is 4.77. The molecule has 0 aliphatic rings. The molecule has 24 heavy (non-hydrogen) atoms. The van der Waals surface area contributed by atoms with E-state index in [1.54, 1.807) is 37.5 Å². The first-order valence-electron chi connectivity index (χ1n) is 7.00. The summed E-state index contributed by atoms with van der Waals surface area (Å²) in [6.45, 7) is 0.235. The lowest BCUT2D eigenvalue weighted by atomic mass is 10.3. The fourth-order valence-corrected chi connectivity index (χ4v) is 3.24. The largest absolute Gasteiger partial charge is 0.442 e.